The van der Waals surface area contributed by atoms with E-state index in [1.54, 1.807) is 33.4 Å². The molecule has 1 aliphatic rings. The molecular formula is C28H28ClF4N3O2. The Morgan fingerprint density at radius 3 is 2.55 bits per heavy atom. The third-order valence-electron chi connectivity index (χ3n) is 6.50. The number of ether oxygens (including phenoxy) is 2. The molecule has 5 nitrogen and oxygen atoms in total. The van der Waals surface area contributed by atoms with Crippen LogP contribution in [0.5, 0.6) is 11.5 Å². The third kappa shape index (κ3) is 6.38. The zero-order valence-corrected chi connectivity index (χ0v) is 22.0. The number of halogens is 5. The van der Waals surface area contributed by atoms with Crippen molar-refractivity contribution in [2.24, 2.45) is 10.9 Å². The van der Waals surface area contributed by atoms with Crippen molar-refractivity contribution in [3.63, 3.8) is 0 Å². The number of nitrogen functional groups attached to an aromatic ring is 1. The van der Waals surface area contributed by atoms with Crippen LogP contribution in [-0.2, 0) is 6.42 Å². The Balaban J connectivity index is 1.80. The van der Waals surface area contributed by atoms with Crippen LogP contribution in [0.3, 0.4) is 0 Å². The topological polar surface area (TPSA) is 69.7 Å². The number of aromatic nitrogens is 1. The van der Waals surface area contributed by atoms with E-state index in [1.165, 1.54) is 12.1 Å². The summed E-state index contributed by atoms with van der Waals surface area (Å²) in [6.07, 6.45) is -0.258. The van der Waals surface area contributed by atoms with E-state index in [4.69, 9.17) is 31.8 Å². The maximum atomic E-state index is 13.9. The predicted octanol–water partition coefficient (Wildman–Crippen LogP) is 7.17. The van der Waals surface area contributed by atoms with Crippen LogP contribution < -0.4 is 15.2 Å². The number of nitrogens with zero attached hydrogens (tertiary/aromatic N) is 2. The van der Waals surface area contributed by atoms with Gasteiger partial charge in [-0.15, -0.1) is 0 Å². The summed E-state index contributed by atoms with van der Waals surface area (Å²) < 4.78 is 63.6. The number of alkyl halides is 3. The summed E-state index contributed by atoms with van der Waals surface area (Å²) in [4.78, 5) is 8.87. The number of methoxy groups -OCH3 is 1. The van der Waals surface area contributed by atoms with Crippen molar-refractivity contribution in [1.29, 1.82) is 0 Å². The number of hydrogen-bond donors (Lipinski definition) is 1. The second-order valence-corrected chi connectivity index (χ2v) is 9.82. The lowest BCUT2D eigenvalue weighted by molar-refractivity contribution is -0.153. The van der Waals surface area contributed by atoms with Gasteiger partial charge in [0.15, 0.2) is 6.61 Å². The van der Waals surface area contributed by atoms with Gasteiger partial charge in [0.05, 0.1) is 17.8 Å². The van der Waals surface area contributed by atoms with Crippen LogP contribution in [0.2, 0.25) is 5.02 Å². The first kappa shape index (κ1) is 27.7. The zero-order chi connectivity index (χ0) is 27.6. The summed E-state index contributed by atoms with van der Waals surface area (Å²) in [5.74, 6) is 0.202. The molecule has 0 bridgehead atoms. The van der Waals surface area contributed by atoms with Crippen molar-refractivity contribution in [2.45, 2.75) is 38.3 Å². The first-order valence-corrected chi connectivity index (χ1v) is 12.4. The second-order valence-electron chi connectivity index (χ2n) is 9.41. The van der Waals surface area contributed by atoms with E-state index in [1.807, 2.05) is 12.1 Å². The molecule has 38 heavy (non-hydrogen) atoms. The van der Waals surface area contributed by atoms with Gasteiger partial charge in [-0.3, -0.25) is 4.99 Å². The van der Waals surface area contributed by atoms with Crippen LogP contribution in [-0.4, -0.2) is 38.1 Å². The zero-order valence-electron chi connectivity index (χ0n) is 21.2. The fourth-order valence-corrected chi connectivity index (χ4v) is 4.74. The fourth-order valence-electron chi connectivity index (χ4n) is 4.56. The number of aryl methyl sites for hydroxylation is 1. The Hall–Kier alpha value is -3.33. The molecule has 1 heterocycles. The lowest BCUT2D eigenvalue weighted by atomic mass is 9.89. The van der Waals surface area contributed by atoms with Crippen molar-refractivity contribution < 1.29 is 27.0 Å². The highest BCUT2D eigenvalue weighted by Crippen LogP contribution is 2.46. The summed E-state index contributed by atoms with van der Waals surface area (Å²) in [5, 5.41) is -0.160. The van der Waals surface area contributed by atoms with E-state index in [2.05, 4.69) is 4.99 Å². The lowest BCUT2D eigenvalue weighted by Crippen LogP contribution is -2.20. The molecule has 0 amide bonds. The molecule has 10 heteroatoms. The van der Waals surface area contributed by atoms with Gasteiger partial charge in [0.1, 0.15) is 23.0 Å². The van der Waals surface area contributed by atoms with Crippen molar-refractivity contribution in [2.75, 3.05) is 26.5 Å². The van der Waals surface area contributed by atoms with Crippen LogP contribution in [0.15, 0.2) is 41.4 Å². The normalized spacial score (nSPS) is 14.6. The molecule has 0 aliphatic heterocycles. The summed E-state index contributed by atoms with van der Waals surface area (Å²) in [6, 6.07) is 9.54. The first-order valence-electron chi connectivity index (χ1n) is 12.1. The maximum absolute atomic E-state index is 13.9. The summed E-state index contributed by atoms with van der Waals surface area (Å²) in [5.41, 5.74) is 10.1. The predicted molar refractivity (Wildman–Crippen MR) is 141 cm³/mol. The van der Waals surface area contributed by atoms with Gasteiger partial charge >= 0.3 is 6.18 Å². The summed E-state index contributed by atoms with van der Waals surface area (Å²) in [7, 11) is 3.20. The van der Waals surface area contributed by atoms with E-state index in [0.717, 1.165) is 30.0 Å². The fraction of sp³-hybridized carbons (Fsp3) is 0.357. The van der Waals surface area contributed by atoms with Gasteiger partial charge in [0, 0.05) is 36.0 Å². The smallest absolute Gasteiger partial charge is 0.422 e. The van der Waals surface area contributed by atoms with Crippen molar-refractivity contribution in [1.82, 2.24) is 4.98 Å². The molecule has 0 spiro atoms. The molecule has 1 aromatic heterocycles. The molecule has 4 rings (SSSR count). The van der Waals surface area contributed by atoms with Gasteiger partial charge in [0.25, 0.3) is 0 Å². The maximum Gasteiger partial charge on any atom is 0.422 e. The Labute approximate surface area is 223 Å². The molecule has 0 saturated heterocycles. The second kappa shape index (κ2) is 11.2. The number of aliphatic imine (C=N–C) groups is 1. The Bertz CT molecular complexity index is 1360. The number of benzene rings is 2. The number of hydrogen-bond acceptors (Lipinski definition) is 5. The van der Waals surface area contributed by atoms with E-state index < -0.39 is 18.6 Å². The molecule has 1 fully saturated rings. The SMILES string of the molecule is CN=Cc1cc(CC(c2cc(C)c(OCC(F)(F)F)c(-c3ccc(F)c(Cl)c3)n2)C2CC2)cc(OC)c1N. The van der Waals surface area contributed by atoms with E-state index in [-0.39, 0.29) is 22.4 Å². The van der Waals surface area contributed by atoms with E-state index in [9.17, 15) is 17.6 Å². The van der Waals surface area contributed by atoms with Crippen molar-refractivity contribution in [3.05, 3.63) is 69.6 Å². The monoisotopic (exact) mass is 549 g/mol. The lowest BCUT2D eigenvalue weighted by Gasteiger charge is -2.22. The van der Waals surface area contributed by atoms with Crippen LogP contribution in [0.4, 0.5) is 23.2 Å². The van der Waals surface area contributed by atoms with Crippen molar-refractivity contribution >= 4 is 23.5 Å². The Morgan fingerprint density at radius 2 is 1.95 bits per heavy atom. The number of pyridine rings is 1. The third-order valence-corrected chi connectivity index (χ3v) is 6.79. The molecule has 1 unspecified atom stereocenters. The molecule has 1 aliphatic carbocycles. The minimum absolute atomic E-state index is 0.0149. The highest BCUT2D eigenvalue weighted by Gasteiger charge is 2.35. The van der Waals surface area contributed by atoms with Gasteiger partial charge in [-0.2, -0.15) is 13.2 Å². The molecule has 2 N–H and O–H groups in total. The van der Waals surface area contributed by atoms with E-state index >= 15 is 0 Å². The van der Waals surface area contributed by atoms with Crippen LogP contribution >= 0.6 is 11.6 Å². The molecule has 1 saturated carbocycles. The average Bonchev–Trinajstić information content (AvgIpc) is 3.69. The quantitative estimate of drug-likeness (QED) is 0.174. The van der Waals surface area contributed by atoms with Crippen molar-refractivity contribution in [3.8, 4) is 22.8 Å². The number of anilines is 1. The molecule has 1 atom stereocenters. The molecule has 0 radical (unpaired) electrons. The highest BCUT2D eigenvalue weighted by molar-refractivity contribution is 6.31. The van der Waals surface area contributed by atoms with Crippen LogP contribution in [0.1, 0.15) is 41.1 Å². The summed E-state index contributed by atoms with van der Waals surface area (Å²) in [6.45, 7) is 0.202. The van der Waals surface area contributed by atoms with Gasteiger partial charge in [-0.05, 0) is 79.6 Å². The van der Waals surface area contributed by atoms with Gasteiger partial charge in [-0.25, -0.2) is 9.37 Å². The molecule has 2 aromatic carbocycles. The molecule has 202 valence electrons. The minimum atomic E-state index is -4.53. The number of nitrogens with two attached hydrogens (primary N) is 1. The minimum Gasteiger partial charge on any atom is -0.495 e. The Morgan fingerprint density at radius 1 is 1.21 bits per heavy atom. The van der Waals surface area contributed by atoms with Crippen LogP contribution in [0, 0.1) is 18.7 Å². The Kier molecular flexibility index (Phi) is 8.16. The molecule has 3 aromatic rings. The largest absolute Gasteiger partial charge is 0.495 e. The van der Waals surface area contributed by atoms with Gasteiger partial charge < -0.3 is 15.2 Å². The number of rotatable bonds is 9. The van der Waals surface area contributed by atoms with Gasteiger partial charge in [-0.1, -0.05) is 11.6 Å². The van der Waals surface area contributed by atoms with E-state index in [0.29, 0.717) is 40.6 Å². The standard InChI is InChI=1S/C28H28ClF4N3O2/c1-15-8-23(20(17-4-5-17)10-16-9-19(13-35-2)25(34)24(11-16)37-3)36-26(27(15)38-14-28(31,32)33)18-6-7-22(30)21(29)12-18/h6-9,11-13,17,20H,4-5,10,14,34H2,1-3H3. The molecular weight excluding hydrogens is 522 g/mol. The van der Waals surface area contributed by atoms with Gasteiger partial charge in [0.2, 0.25) is 0 Å². The first-order chi connectivity index (χ1) is 18.0. The van der Waals surface area contributed by atoms with Crippen LogP contribution in [0.25, 0.3) is 11.3 Å². The summed E-state index contributed by atoms with van der Waals surface area (Å²) >= 11 is 6.00. The average molecular weight is 550 g/mol. The highest BCUT2D eigenvalue weighted by atomic mass is 35.5.